The molecule has 4 nitrogen and oxygen atoms in total. The summed E-state index contributed by atoms with van der Waals surface area (Å²) in [6, 6.07) is 0.581. The average molecular weight is 382 g/mol. The fraction of sp³-hybridized carbons (Fsp3) is 0.929. The second-order valence-electron chi connectivity index (χ2n) is 5.45. The first-order valence-electron chi connectivity index (χ1n) is 7.36. The highest BCUT2D eigenvalue weighted by Gasteiger charge is 2.20. The molecule has 1 fully saturated rings. The van der Waals surface area contributed by atoms with E-state index in [0.717, 1.165) is 31.4 Å². The van der Waals surface area contributed by atoms with Crippen LogP contribution < -0.4 is 10.6 Å². The van der Waals surface area contributed by atoms with Gasteiger partial charge in [-0.3, -0.25) is 9.89 Å². The quantitative estimate of drug-likeness (QED) is 0.436. The molecule has 2 N–H and O–H groups in total. The van der Waals surface area contributed by atoms with Gasteiger partial charge in [-0.1, -0.05) is 13.8 Å². The number of likely N-dealkylation sites (tertiary alicyclic amines) is 1. The zero-order valence-corrected chi connectivity index (χ0v) is 15.2. The number of guanidine groups is 1. The molecule has 0 spiro atoms. The van der Waals surface area contributed by atoms with Gasteiger partial charge in [0.05, 0.1) is 0 Å². The van der Waals surface area contributed by atoms with Crippen LogP contribution in [0.4, 0.5) is 0 Å². The molecule has 1 atom stereocenters. The fourth-order valence-electron chi connectivity index (χ4n) is 2.31. The van der Waals surface area contributed by atoms with Gasteiger partial charge < -0.3 is 10.6 Å². The van der Waals surface area contributed by atoms with Crippen LogP contribution in [0.5, 0.6) is 0 Å². The number of halogens is 1. The van der Waals surface area contributed by atoms with Gasteiger partial charge in [0.25, 0.3) is 0 Å². The van der Waals surface area contributed by atoms with Crippen molar-refractivity contribution in [2.75, 3.05) is 33.2 Å². The van der Waals surface area contributed by atoms with Crippen LogP contribution in [0.3, 0.4) is 0 Å². The number of hydrogen-bond acceptors (Lipinski definition) is 2. The lowest BCUT2D eigenvalue weighted by Gasteiger charge is -2.35. The Balaban J connectivity index is 0.00000324. The largest absolute Gasteiger partial charge is 0.356 e. The molecule has 0 amide bonds. The summed E-state index contributed by atoms with van der Waals surface area (Å²) in [7, 11) is 1.83. The molecule has 114 valence electrons. The van der Waals surface area contributed by atoms with Gasteiger partial charge in [0, 0.05) is 26.2 Å². The van der Waals surface area contributed by atoms with Crippen molar-refractivity contribution < 1.29 is 0 Å². The van der Waals surface area contributed by atoms with Gasteiger partial charge in [-0.05, 0) is 45.2 Å². The Bertz CT molecular complexity index is 250. The van der Waals surface area contributed by atoms with Crippen molar-refractivity contribution in [3.63, 3.8) is 0 Å². The standard InChI is InChI=1S/C14H30N4.HI/c1-5-8-16-14(15-4)17-11-13(3)18-9-6-12(2)7-10-18;/h12-13H,5-11H2,1-4H3,(H2,15,16,17);1H. The molecule has 19 heavy (non-hydrogen) atoms. The summed E-state index contributed by atoms with van der Waals surface area (Å²) in [6.45, 7) is 11.3. The van der Waals surface area contributed by atoms with Crippen molar-refractivity contribution in [3.8, 4) is 0 Å². The fourth-order valence-corrected chi connectivity index (χ4v) is 2.31. The van der Waals surface area contributed by atoms with E-state index in [1.807, 2.05) is 7.05 Å². The Morgan fingerprint density at radius 1 is 1.32 bits per heavy atom. The maximum Gasteiger partial charge on any atom is 0.191 e. The Morgan fingerprint density at radius 3 is 2.47 bits per heavy atom. The third-order valence-electron chi connectivity index (χ3n) is 3.77. The van der Waals surface area contributed by atoms with Gasteiger partial charge in [0.15, 0.2) is 5.96 Å². The van der Waals surface area contributed by atoms with Crippen molar-refractivity contribution in [1.82, 2.24) is 15.5 Å². The Morgan fingerprint density at radius 2 is 1.95 bits per heavy atom. The molecule has 0 saturated carbocycles. The van der Waals surface area contributed by atoms with E-state index < -0.39 is 0 Å². The molecule has 1 rings (SSSR count). The van der Waals surface area contributed by atoms with Crippen molar-refractivity contribution >= 4 is 29.9 Å². The first-order chi connectivity index (χ1) is 8.67. The third-order valence-corrected chi connectivity index (χ3v) is 3.77. The molecule has 1 saturated heterocycles. The highest BCUT2D eigenvalue weighted by Crippen LogP contribution is 2.17. The zero-order chi connectivity index (χ0) is 13.4. The van der Waals surface area contributed by atoms with Crippen LogP contribution in [-0.4, -0.2) is 50.1 Å². The normalized spacial score (nSPS) is 19.7. The van der Waals surface area contributed by atoms with Crippen molar-refractivity contribution in [2.24, 2.45) is 10.9 Å². The average Bonchev–Trinajstić information content (AvgIpc) is 2.39. The van der Waals surface area contributed by atoms with E-state index >= 15 is 0 Å². The lowest BCUT2D eigenvalue weighted by atomic mass is 9.98. The minimum atomic E-state index is 0. The van der Waals surface area contributed by atoms with Crippen molar-refractivity contribution in [2.45, 2.75) is 46.1 Å². The maximum atomic E-state index is 4.23. The molecule has 1 unspecified atom stereocenters. The monoisotopic (exact) mass is 382 g/mol. The van der Waals surface area contributed by atoms with Gasteiger partial charge in [-0.2, -0.15) is 0 Å². The zero-order valence-electron chi connectivity index (χ0n) is 12.9. The topological polar surface area (TPSA) is 39.7 Å². The molecule has 0 aromatic carbocycles. The van der Waals surface area contributed by atoms with E-state index in [1.54, 1.807) is 0 Å². The van der Waals surface area contributed by atoms with E-state index in [2.05, 4.69) is 41.3 Å². The van der Waals surface area contributed by atoms with Crippen LogP contribution in [0.25, 0.3) is 0 Å². The van der Waals surface area contributed by atoms with Crippen LogP contribution in [0.2, 0.25) is 0 Å². The Labute approximate surface area is 135 Å². The molecule has 0 radical (unpaired) electrons. The summed E-state index contributed by atoms with van der Waals surface area (Å²) < 4.78 is 0. The van der Waals surface area contributed by atoms with Gasteiger partial charge in [0.1, 0.15) is 0 Å². The van der Waals surface area contributed by atoms with Crippen LogP contribution in [0.15, 0.2) is 4.99 Å². The highest BCUT2D eigenvalue weighted by molar-refractivity contribution is 14.0. The molecular formula is C14H31IN4. The van der Waals surface area contributed by atoms with E-state index in [0.29, 0.717) is 6.04 Å². The molecule has 1 heterocycles. The van der Waals surface area contributed by atoms with Crippen molar-refractivity contribution in [1.29, 1.82) is 0 Å². The molecule has 0 aromatic rings. The molecule has 0 aromatic heterocycles. The van der Waals surface area contributed by atoms with Gasteiger partial charge in [-0.15, -0.1) is 24.0 Å². The second kappa shape index (κ2) is 10.7. The summed E-state index contributed by atoms with van der Waals surface area (Å²) in [5.74, 6) is 1.83. The van der Waals surface area contributed by atoms with E-state index in [4.69, 9.17) is 0 Å². The van der Waals surface area contributed by atoms with Gasteiger partial charge in [0.2, 0.25) is 0 Å². The first kappa shape index (κ1) is 19.0. The summed E-state index contributed by atoms with van der Waals surface area (Å²) in [4.78, 5) is 6.81. The molecule has 1 aliphatic rings. The first-order valence-corrected chi connectivity index (χ1v) is 7.36. The number of nitrogens with zero attached hydrogens (tertiary/aromatic N) is 2. The summed E-state index contributed by atoms with van der Waals surface area (Å²) in [5.41, 5.74) is 0. The number of hydrogen-bond donors (Lipinski definition) is 2. The lowest BCUT2D eigenvalue weighted by molar-refractivity contribution is 0.147. The minimum absolute atomic E-state index is 0. The van der Waals surface area contributed by atoms with Gasteiger partial charge in [-0.25, -0.2) is 0 Å². The predicted octanol–water partition coefficient (Wildman–Crippen LogP) is 2.30. The Hall–Kier alpha value is -0.0400. The van der Waals surface area contributed by atoms with Crippen LogP contribution in [0, 0.1) is 5.92 Å². The number of piperidine rings is 1. The van der Waals surface area contributed by atoms with Gasteiger partial charge >= 0.3 is 0 Å². The summed E-state index contributed by atoms with van der Waals surface area (Å²) in [5, 5.41) is 6.71. The third kappa shape index (κ3) is 7.34. The lowest BCUT2D eigenvalue weighted by Crippen LogP contribution is -2.48. The van der Waals surface area contributed by atoms with E-state index in [-0.39, 0.29) is 24.0 Å². The minimum Gasteiger partial charge on any atom is -0.356 e. The predicted molar refractivity (Wildman–Crippen MR) is 94.5 cm³/mol. The molecule has 1 aliphatic heterocycles. The summed E-state index contributed by atoms with van der Waals surface area (Å²) in [6.07, 6.45) is 3.81. The maximum absolute atomic E-state index is 4.23. The summed E-state index contributed by atoms with van der Waals surface area (Å²) >= 11 is 0. The molecule has 5 heteroatoms. The smallest absolute Gasteiger partial charge is 0.191 e. The number of rotatable bonds is 5. The number of aliphatic imine (C=N–C) groups is 1. The SMILES string of the molecule is CCCNC(=NC)NCC(C)N1CCC(C)CC1.I. The van der Waals surface area contributed by atoms with Crippen molar-refractivity contribution in [3.05, 3.63) is 0 Å². The number of nitrogens with one attached hydrogen (secondary N) is 2. The highest BCUT2D eigenvalue weighted by atomic mass is 127. The second-order valence-corrected chi connectivity index (χ2v) is 5.45. The Kier molecular flexibility index (Phi) is 10.7. The van der Waals surface area contributed by atoms with Crippen LogP contribution >= 0.6 is 24.0 Å². The molecule has 0 aliphatic carbocycles. The van der Waals surface area contributed by atoms with Crippen LogP contribution in [0.1, 0.15) is 40.0 Å². The molecule has 0 bridgehead atoms. The van der Waals surface area contributed by atoms with E-state index in [9.17, 15) is 0 Å². The van der Waals surface area contributed by atoms with Crippen LogP contribution in [-0.2, 0) is 0 Å². The molecular weight excluding hydrogens is 351 g/mol. The van der Waals surface area contributed by atoms with E-state index in [1.165, 1.54) is 25.9 Å².